The van der Waals surface area contributed by atoms with Crippen LogP contribution in [0.2, 0.25) is 0 Å². The third-order valence-electron chi connectivity index (χ3n) is 4.12. The van der Waals surface area contributed by atoms with Gasteiger partial charge in [-0.2, -0.15) is 0 Å². The van der Waals surface area contributed by atoms with Gasteiger partial charge in [0.1, 0.15) is 21.8 Å². The quantitative estimate of drug-likeness (QED) is 0.424. The molecule has 0 bridgehead atoms. The Morgan fingerprint density at radius 2 is 1.81 bits per heavy atom. The molecule has 4 rings (SSSR count). The maximum absolute atomic E-state index is 12.5. The van der Waals surface area contributed by atoms with Gasteiger partial charge < -0.3 is 19.6 Å². The highest BCUT2D eigenvalue weighted by Crippen LogP contribution is 2.37. The number of thiophene rings is 1. The number of fused-ring (bicyclic) bond motifs is 1. The third kappa shape index (κ3) is 4.36. The Morgan fingerprint density at radius 1 is 1.10 bits per heavy atom. The van der Waals surface area contributed by atoms with Crippen LogP contribution in [0, 0.1) is 0 Å². The van der Waals surface area contributed by atoms with Crippen molar-refractivity contribution < 1.29 is 37.0 Å². The van der Waals surface area contributed by atoms with Crippen molar-refractivity contribution >= 4 is 39.3 Å². The highest BCUT2D eigenvalue weighted by atomic mass is 32.1. The number of carboxylic acids is 1. The number of benzene rings is 2. The first kappa shape index (κ1) is 20.4. The summed E-state index contributed by atoms with van der Waals surface area (Å²) >= 11 is 0.950. The molecule has 4 aromatic rings. The Morgan fingerprint density at radius 3 is 2.45 bits per heavy atom. The second kappa shape index (κ2) is 7.76. The number of anilines is 1. The molecule has 0 saturated heterocycles. The number of ether oxygens (including phenoxy) is 1. The Kier molecular flexibility index (Phi) is 5.11. The van der Waals surface area contributed by atoms with Crippen LogP contribution < -0.4 is 10.1 Å². The Hall–Kier alpha value is -3.86. The molecule has 2 heterocycles. The van der Waals surface area contributed by atoms with E-state index in [9.17, 15) is 27.9 Å². The number of nitrogens with zero attached hydrogens (tertiary/aromatic N) is 1. The maximum atomic E-state index is 12.5. The van der Waals surface area contributed by atoms with Gasteiger partial charge >= 0.3 is 18.2 Å². The second-order valence-electron chi connectivity index (χ2n) is 6.17. The van der Waals surface area contributed by atoms with Gasteiger partial charge in [-0.25, -0.2) is 9.78 Å². The molecular formula is C20H11F3N2O5S. The molecule has 2 aromatic carbocycles. The van der Waals surface area contributed by atoms with Crippen LogP contribution in [-0.4, -0.2) is 28.3 Å². The molecule has 0 fully saturated rings. The molecular weight excluding hydrogens is 437 g/mol. The third-order valence-corrected chi connectivity index (χ3v) is 5.01. The van der Waals surface area contributed by atoms with E-state index in [1.165, 1.54) is 17.5 Å². The molecule has 0 aliphatic rings. The molecule has 0 aliphatic carbocycles. The lowest BCUT2D eigenvalue weighted by Gasteiger charge is -2.09. The molecule has 0 aliphatic heterocycles. The van der Waals surface area contributed by atoms with Gasteiger partial charge in [-0.3, -0.25) is 4.79 Å². The first-order valence-electron chi connectivity index (χ1n) is 8.59. The topological polar surface area (TPSA) is 102 Å². The van der Waals surface area contributed by atoms with Gasteiger partial charge in [0, 0.05) is 10.9 Å². The molecule has 7 nitrogen and oxygen atoms in total. The van der Waals surface area contributed by atoms with E-state index < -0.39 is 24.0 Å². The van der Waals surface area contributed by atoms with Gasteiger partial charge in [-0.1, -0.05) is 24.3 Å². The minimum absolute atomic E-state index is 0.0328. The van der Waals surface area contributed by atoms with Crippen LogP contribution in [-0.2, 0) is 0 Å². The van der Waals surface area contributed by atoms with Gasteiger partial charge in [0.15, 0.2) is 5.58 Å². The summed E-state index contributed by atoms with van der Waals surface area (Å²) in [6.07, 6.45) is -4.84. The summed E-state index contributed by atoms with van der Waals surface area (Å²) in [4.78, 5) is 28.4. The predicted octanol–water partition coefficient (Wildman–Crippen LogP) is 5.41. The zero-order valence-electron chi connectivity index (χ0n) is 15.3. The fourth-order valence-electron chi connectivity index (χ4n) is 2.84. The summed E-state index contributed by atoms with van der Waals surface area (Å²) in [6.45, 7) is 0. The molecule has 0 unspecified atom stereocenters. The Balaban J connectivity index is 1.61. The van der Waals surface area contributed by atoms with E-state index in [1.807, 2.05) is 0 Å². The van der Waals surface area contributed by atoms with Crippen molar-refractivity contribution in [1.82, 2.24) is 4.98 Å². The van der Waals surface area contributed by atoms with E-state index in [0.717, 1.165) is 23.5 Å². The van der Waals surface area contributed by atoms with E-state index in [4.69, 9.17) is 4.42 Å². The molecule has 158 valence electrons. The number of hydrogen-bond donors (Lipinski definition) is 2. The van der Waals surface area contributed by atoms with Crippen molar-refractivity contribution in [3.63, 3.8) is 0 Å². The minimum atomic E-state index is -4.84. The number of rotatable bonds is 5. The van der Waals surface area contributed by atoms with Crippen LogP contribution in [0.4, 0.5) is 18.2 Å². The van der Waals surface area contributed by atoms with Crippen molar-refractivity contribution in [1.29, 1.82) is 0 Å². The minimum Gasteiger partial charge on any atom is -0.478 e. The van der Waals surface area contributed by atoms with Crippen LogP contribution in [0.25, 0.3) is 22.2 Å². The highest BCUT2D eigenvalue weighted by molar-refractivity contribution is 7.15. The van der Waals surface area contributed by atoms with Crippen molar-refractivity contribution in [2.75, 3.05) is 5.32 Å². The summed E-state index contributed by atoms with van der Waals surface area (Å²) in [7, 11) is 0. The van der Waals surface area contributed by atoms with Gasteiger partial charge in [-0.15, -0.1) is 24.5 Å². The predicted molar refractivity (Wildman–Crippen MR) is 105 cm³/mol. The summed E-state index contributed by atoms with van der Waals surface area (Å²) in [5, 5.41) is 13.6. The first-order valence-corrected chi connectivity index (χ1v) is 9.47. The average Bonchev–Trinajstić information content (AvgIpc) is 3.31. The van der Waals surface area contributed by atoms with Crippen LogP contribution in [0.1, 0.15) is 21.0 Å². The van der Waals surface area contributed by atoms with Crippen molar-refractivity contribution in [3.8, 4) is 16.9 Å². The summed E-state index contributed by atoms with van der Waals surface area (Å²) in [5.74, 6) is -2.73. The van der Waals surface area contributed by atoms with Gasteiger partial charge in [0.05, 0.1) is 0 Å². The number of hydrogen-bond acceptors (Lipinski definition) is 6. The smallest absolute Gasteiger partial charge is 0.478 e. The summed E-state index contributed by atoms with van der Waals surface area (Å²) < 4.78 is 46.1. The first-order chi connectivity index (χ1) is 14.7. The number of oxazole rings is 1. The highest BCUT2D eigenvalue weighted by Gasteiger charge is 2.31. The molecule has 0 saturated carbocycles. The van der Waals surface area contributed by atoms with Crippen LogP contribution in [0.15, 0.2) is 58.3 Å². The van der Waals surface area contributed by atoms with Crippen LogP contribution in [0.3, 0.4) is 0 Å². The van der Waals surface area contributed by atoms with Crippen molar-refractivity contribution in [2.24, 2.45) is 0 Å². The summed E-state index contributed by atoms with van der Waals surface area (Å²) in [6, 6.07) is 11.5. The average molecular weight is 448 g/mol. The lowest BCUT2D eigenvalue weighted by molar-refractivity contribution is -0.274. The van der Waals surface area contributed by atoms with Crippen molar-refractivity contribution in [2.45, 2.75) is 6.36 Å². The van der Waals surface area contributed by atoms with Gasteiger partial charge in [0.2, 0.25) is 0 Å². The number of carbonyl (C=O) groups is 2. The molecule has 0 radical (unpaired) electrons. The molecule has 11 heteroatoms. The fourth-order valence-corrected chi connectivity index (χ4v) is 3.79. The lowest BCUT2D eigenvalue weighted by atomic mass is 10.0. The van der Waals surface area contributed by atoms with E-state index in [2.05, 4.69) is 15.0 Å². The van der Waals surface area contributed by atoms with Gasteiger partial charge in [-0.05, 0) is 29.8 Å². The zero-order valence-corrected chi connectivity index (χ0v) is 16.1. The number of aromatic nitrogens is 1. The normalized spacial score (nSPS) is 11.5. The Labute approximate surface area is 175 Å². The standard InChI is InChI=1S/C20H11F3N2O5S/c21-20(22,23)30-11-7-5-10(6-8-11)12-9-31-18(15(12)19(27)28)25-16(26)17-24-13-3-1-2-4-14(13)29-17/h1-9H,(H,25,26)(H,27,28). The monoisotopic (exact) mass is 448 g/mol. The number of halogens is 3. The molecule has 2 N–H and O–H groups in total. The second-order valence-corrected chi connectivity index (χ2v) is 7.05. The van der Waals surface area contributed by atoms with Crippen LogP contribution in [0.5, 0.6) is 5.75 Å². The van der Waals surface area contributed by atoms with Crippen molar-refractivity contribution in [3.05, 3.63) is 65.4 Å². The fraction of sp³-hybridized carbons (Fsp3) is 0.0500. The molecule has 0 spiro atoms. The zero-order chi connectivity index (χ0) is 22.2. The molecule has 2 aromatic heterocycles. The van der Waals surface area contributed by atoms with E-state index in [1.54, 1.807) is 24.3 Å². The van der Waals surface area contributed by atoms with E-state index in [0.29, 0.717) is 16.7 Å². The largest absolute Gasteiger partial charge is 0.573 e. The number of amides is 1. The number of carbonyl (C=O) groups excluding carboxylic acids is 1. The Bertz CT molecular complexity index is 1250. The summed E-state index contributed by atoms with van der Waals surface area (Å²) in [5.41, 5.74) is 1.23. The number of carboxylic acid groups (broad SMARTS) is 1. The maximum Gasteiger partial charge on any atom is 0.573 e. The molecule has 31 heavy (non-hydrogen) atoms. The van der Waals surface area contributed by atoms with E-state index >= 15 is 0 Å². The SMILES string of the molecule is O=C(Nc1scc(-c2ccc(OC(F)(F)F)cc2)c1C(=O)O)c1nc2ccccc2o1. The lowest BCUT2D eigenvalue weighted by Crippen LogP contribution is -2.16. The number of para-hydroxylation sites is 2. The van der Waals surface area contributed by atoms with E-state index in [-0.39, 0.29) is 22.0 Å². The van der Waals surface area contributed by atoms with Crippen LogP contribution >= 0.6 is 11.3 Å². The molecule has 0 atom stereocenters. The van der Waals surface area contributed by atoms with Gasteiger partial charge in [0.25, 0.3) is 5.89 Å². The molecule has 1 amide bonds. The number of nitrogens with one attached hydrogen (secondary N) is 1. The number of alkyl halides is 3. The number of aromatic carboxylic acids is 1.